The molecule has 0 radical (unpaired) electrons. The van der Waals surface area contributed by atoms with E-state index < -0.39 is 0 Å². The molecule has 5 heteroatoms. The molecule has 0 unspecified atom stereocenters. The molecule has 106 valence electrons. The standard InChI is InChI=1S/C13H25NO4/c1-4-18-9-5-6-12(15)14(11-7-8-11)10-13(16-2)17-3/h11,13H,4-10H2,1-3H3. The Kier molecular flexibility index (Phi) is 7.23. The van der Waals surface area contributed by atoms with E-state index in [1.807, 2.05) is 11.8 Å². The van der Waals surface area contributed by atoms with Gasteiger partial charge in [-0.05, 0) is 26.2 Å². The van der Waals surface area contributed by atoms with Gasteiger partial charge in [-0.15, -0.1) is 0 Å². The van der Waals surface area contributed by atoms with Crippen LogP contribution in [-0.2, 0) is 19.0 Å². The van der Waals surface area contributed by atoms with Gasteiger partial charge in [0.05, 0.1) is 6.54 Å². The molecule has 1 fully saturated rings. The Labute approximate surface area is 109 Å². The highest BCUT2D eigenvalue weighted by molar-refractivity contribution is 5.76. The lowest BCUT2D eigenvalue weighted by Gasteiger charge is -2.26. The van der Waals surface area contributed by atoms with E-state index in [1.165, 1.54) is 0 Å². The molecule has 0 aromatic heterocycles. The van der Waals surface area contributed by atoms with Gasteiger partial charge in [-0.1, -0.05) is 0 Å². The van der Waals surface area contributed by atoms with Crippen LogP contribution in [0, 0.1) is 0 Å². The lowest BCUT2D eigenvalue weighted by Crippen LogP contribution is -2.40. The van der Waals surface area contributed by atoms with Crippen LogP contribution in [-0.4, -0.2) is 57.1 Å². The van der Waals surface area contributed by atoms with Gasteiger partial charge in [0, 0.05) is 39.9 Å². The summed E-state index contributed by atoms with van der Waals surface area (Å²) in [6.45, 7) is 3.83. The fourth-order valence-corrected chi connectivity index (χ4v) is 1.86. The zero-order chi connectivity index (χ0) is 13.4. The first kappa shape index (κ1) is 15.4. The quantitative estimate of drug-likeness (QED) is 0.440. The second-order valence-corrected chi connectivity index (χ2v) is 4.48. The monoisotopic (exact) mass is 259 g/mol. The van der Waals surface area contributed by atoms with Crippen LogP contribution >= 0.6 is 0 Å². The van der Waals surface area contributed by atoms with Gasteiger partial charge in [-0.3, -0.25) is 4.79 Å². The van der Waals surface area contributed by atoms with Crippen molar-refractivity contribution in [2.45, 2.75) is 44.9 Å². The van der Waals surface area contributed by atoms with Crippen molar-refractivity contribution in [1.82, 2.24) is 4.90 Å². The van der Waals surface area contributed by atoms with Crippen molar-refractivity contribution >= 4 is 5.91 Å². The van der Waals surface area contributed by atoms with E-state index in [2.05, 4.69) is 0 Å². The first-order chi connectivity index (χ1) is 8.72. The van der Waals surface area contributed by atoms with Crippen LogP contribution in [0.4, 0.5) is 0 Å². The molecule has 0 spiro atoms. The molecule has 0 aromatic rings. The van der Waals surface area contributed by atoms with Crippen LogP contribution in [0.2, 0.25) is 0 Å². The number of hydrogen-bond donors (Lipinski definition) is 0. The third-order valence-electron chi connectivity index (χ3n) is 3.06. The van der Waals surface area contributed by atoms with E-state index in [1.54, 1.807) is 14.2 Å². The normalized spacial score (nSPS) is 15.1. The third kappa shape index (κ3) is 5.33. The summed E-state index contributed by atoms with van der Waals surface area (Å²) < 4.78 is 15.6. The molecular weight excluding hydrogens is 234 g/mol. The second kappa shape index (κ2) is 8.45. The van der Waals surface area contributed by atoms with Gasteiger partial charge < -0.3 is 19.1 Å². The van der Waals surface area contributed by atoms with Gasteiger partial charge in [0.2, 0.25) is 5.91 Å². The van der Waals surface area contributed by atoms with E-state index in [9.17, 15) is 4.79 Å². The molecule has 1 amide bonds. The van der Waals surface area contributed by atoms with Gasteiger partial charge in [-0.25, -0.2) is 0 Å². The SMILES string of the molecule is CCOCCCC(=O)N(CC(OC)OC)C1CC1. The van der Waals surface area contributed by atoms with Crippen molar-refractivity contribution in [2.24, 2.45) is 0 Å². The van der Waals surface area contributed by atoms with Crippen LogP contribution in [0.3, 0.4) is 0 Å². The van der Waals surface area contributed by atoms with E-state index in [4.69, 9.17) is 14.2 Å². The number of hydrogen-bond acceptors (Lipinski definition) is 4. The molecule has 0 saturated heterocycles. The molecule has 5 nitrogen and oxygen atoms in total. The maximum absolute atomic E-state index is 12.1. The highest BCUT2D eigenvalue weighted by atomic mass is 16.7. The van der Waals surface area contributed by atoms with Crippen LogP contribution in [0.25, 0.3) is 0 Å². The lowest BCUT2D eigenvalue weighted by molar-refractivity contribution is -0.146. The molecule has 0 bridgehead atoms. The maximum atomic E-state index is 12.1. The van der Waals surface area contributed by atoms with Crippen LogP contribution in [0.5, 0.6) is 0 Å². The Balaban J connectivity index is 2.33. The molecule has 0 atom stereocenters. The Bertz CT molecular complexity index is 239. The third-order valence-corrected chi connectivity index (χ3v) is 3.06. The van der Waals surface area contributed by atoms with Crippen molar-refractivity contribution in [3.05, 3.63) is 0 Å². The number of methoxy groups -OCH3 is 2. The number of nitrogens with zero attached hydrogens (tertiary/aromatic N) is 1. The van der Waals surface area contributed by atoms with Crippen LogP contribution < -0.4 is 0 Å². The molecule has 1 saturated carbocycles. The molecule has 0 N–H and O–H groups in total. The average Bonchev–Trinajstić information content (AvgIpc) is 3.20. The van der Waals surface area contributed by atoms with E-state index in [0.29, 0.717) is 32.2 Å². The summed E-state index contributed by atoms with van der Waals surface area (Å²) in [6, 6.07) is 0.386. The fourth-order valence-electron chi connectivity index (χ4n) is 1.86. The van der Waals surface area contributed by atoms with Crippen molar-refractivity contribution < 1.29 is 19.0 Å². The molecule has 1 rings (SSSR count). The Morgan fingerprint density at radius 2 is 2.00 bits per heavy atom. The Hall–Kier alpha value is -0.650. The Morgan fingerprint density at radius 3 is 2.50 bits per heavy atom. The highest BCUT2D eigenvalue weighted by Gasteiger charge is 2.33. The largest absolute Gasteiger partial charge is 0.382 e. The molecule has 0 aliphatic heterocycles. The van der Waals surface area contributed by atoms with Crippen LogP contribution in [0.1, 0.15) is 32.6 Å². The number of carbonyl (C=O) groups excluding carboxylic acids is 1. The Morgan fingerprint density at radius 1 is 1.33 bits per heavy atom. The molecule has 1 aliphatic carbocycles. The molecule has 1 aliphatic rings. The van der Waals surface area contributed by atoms with Gasteiger partial charge in [0.25, 0.3) is 0 Å². The smallest absolute Gasteiger partial charge is 0.223 e. The van der Waals surface area contributed by atoms with E-state index in [-0.39, 0.29) is 12.2 Å². The maximum Gasteiger partial charge on any atom is 0.223 e. The molecule has 0 aromatic carbocycles. The van der Waals surface area contributed by atoms with E-state index in [0.717, 1.165) is 19.3 Å². The van der Waals surface area contributed by atoms with Crippen molar-refractivity contribution in [1.29, 1.82) is 0 Å². The predicted molar refractivity (Wildman–Crippen MR) is 68.3 cm³/mol. The summed E-state index contributed by atoms with van der Waals surface area (Å²) in [5.74, 6) is 0.177. The number of rotatable bonds is 10. The zero-order valence-electron chi connectivity index (χ0n) is 11.7. The summed E-state index contributed by atoms with van der Waals surface area (Å²) >= 11 is 0. The number of ether oxygens (including phenoxy) is 3. The minimum absolute atomic E-state index is 0.177. The summed E-state index contributed by atoms with van der Waals surface area (Å²) in [7, 11) is 3.19. The summed E-state index contributed by atoms with van der Waals surface area (Å²) in [6.07, 6.45) is 3.17. The second-order valence-electron chi connectivity index (χ2n) is 4.48. The van der Waals surface area contributed by atoms with Crippen molar-refractivity contribution in [3.63, 3.8) is 0 Å². The summed E-state index contributed by atoms with van der Waals surface area (Å²) in [5, 5.41) is 0. The fraction of sp³-hybridized carbons (Fsp3) is 0.923. The number of carbonyl (C=O) groups is 1. The molecular formula is C13H25NO4. The highest BCUT2D eigenvalue weighted by Crippen LogP contribution is 2.28. The first-order valence-corrected chi connectivity index (χ1v) is 6.65. The lowest BCUT2D eigenvalue weighted by atomic mass is 10.2. The van der Waals surface area contributed by atoms with Gasteiger partial charge in [0.1, 0.15) is 0 Å². The van der Waals surface area contributed by atoms with Crippen LogP contribution in [0.15, 0.2) is 0 Å². The summed E-state index contributed by atoms with van der Waals surface area (Å²) in [5.41, 5.74) is 0. The summed E-state index contributed by atoms with van der Waals surface area (Å²) in [4.78, 5) is 14.0. The molecule has 18 heavy (non-hydrogen) atoms. The predicted octanol–water partition coefficient (Wildman–Crippen LogP) is 1.41. The van der Waals surface area contributed by atoms with Crippen molar-refractivity contribution in [3.8, 4) is 0 Å². The minimum atomic E-state index is -0.332. The topological polar surface area (TPSA) is 48.0 Å². The van der Waals surface area contributed by atoms with Gasteiger partial charge in [-0.2, -0.15) is 0 Å². The molecule has 0 heterocycles. The zero-order valence-corrected chi connectivity index (χ0v) is 11.7. The van der Waals surface area contributed by atoms with Gasteiger partial charge in [0.15, 0.2) is 6.29 Å². The van der Waals surface area contributed by atoms with E-state index >= 15 is 0 Å². The number of amides is 1. The van der Waals surface area contributed by atoms with Crippen molar-refractivity contribution in [2.75, 3.05) is 34.0 Å². The van der Waals surface area contributed by atoms with Gasteiger partial charge >= 0.3 is 0 Å². The minimum Gasteiger partial charge on any atom is -0.382 e. The first-order valence-electron chi connectivity index (χ1n) is 6.65. The average molecular weight is 259 g/mol.